The molecule has 6 nitrogen and oxygen atoms in total. The van der Waals surface area contributed by atoms with Gasteiger partial charge in [0, 0.05) is 19.4 Å². The van der Waals surface area contributed by atoms with Crippen LogP contribution in [0.4, 0.5) is 22.0 Å². The Morgan fingerprint density at radius 2 is 1.88 bits per heavy atom. The molecule has 5 N–H and O–H groups in total. The molecule has 144 valence electrons. The predicted molar refractivity (Wildman–Crippen MR) is 85.0 cm³/mol. The van der Waals surface area contributed by atoms with Crippen LogP contribution >= 0.6 is 0 Å². The summed E-state index contributed by atoms with van der Waals surface area (Å²) in [4.78, 5) is 5.27. The van der Waals surface area contributed by atoms with E-state index in [2.05, 4.69) is 9.73 Å². The maximum atomic E-state index is 13.6. The molecular weight excluding hydrogens is 361 g/mol. The normalized spacial score (nSPS) is 20.7. The summed E-state index contributed by atoms with van der Waals surface area (Å²) in [5.41, 5.74) is 11.7. The minimum absolute atomic E-state index is 0.0219. The van der Waals surface area contributed by atoms with Crippen LogP contribution in [0.25, 0.3) is 0 Å². The van der Waals surface area contributed by atoms with Gasteiger partial charge >= 0.3 is 6.36 Å². The molecule has 0 aliphatic carbocycles. The van der Waals surface area contributed by atoms with E-state index < -0.39 is 31.2 Å². The second kappa shape index (κ2) is 7.34. The van der Waals surface area contributed by atoms with Crippen molar-refractivity contribution >= 4 is 11.8 Å². The Labute approximate surface area is 146 Å². The highest BCUT2D eigenvalue weighted by Crippen LogP contribution is 2.31. The van der Waals surface area contributed by atoms with Crippen molar-refractivity contribution < 1.29 is 26.7 Å². The van der Waals surface area contributed by atoms with Crippen LogP contribution in [0.15, 0.2) is 29.3 Å². The topological polar surface area (TPSA) is 101 Å². The summed E-state index contributed by atoms with van der Waals surface area (Å²) < 4.78 is 67.4. The van der Waals surface area contributed by atoms with E-state index >= 15 is 0 Å². The summed E-state index contributed by atoms with van der Waals surface area (Å²) >= 11 is 0. The highest BCUT2D eigenvalue weighted by molar-refractivity contribution is 5.90. The third-order valence-electron chi connectivity index (χ3n) is 3.84. The zero-order valence-electron chi connectivity index (χ0n) is 13.6. The van der Waals surface area contributed by atoms with Gasteiger partial charge in [0.15, 0.2) is 5.96 Å². The van der Waals surface area contributed by atoms with E-state index in [4.69, 9.17) is 16.9 Å². The summed E-state index contributed by atoms with van der Waals surface area (Å²) in [5, 5.41) is 7.48. The molecule has 0 bridgehead atoms. The summed E-state index contributed by atoms with van der Waals surface area (Å²) in [5.74, 6) is -3.81. The van der Waals surface area contributed by atoms with Crippen molar-refractivity contribution in [3.05, 3.63) is 29.8 Å². The van der Waals surface area contributed by atoms with Gasteiger partial charge in [0.25, 0.3) is 5.92 Å². The number of nitrogens with one attached hydrogen (secondary N) is 1. The van der Waals surface area contributed by atoms with Gasteiger partial charge in [-0.05, 0) is 17.7 Å². The van der Waals surface area contributed by atoms with Gasteiger partial charge < -0.3 is 21.1 Å². The van der Waals surface area contributed by atoms with Crippen molar-refractivity contribution in [2.45, 2.75) is 37.7 Å². The maximum absolute atomic E-state index is 13.6. The van der Waals surface area contributed by atoms with E-state index in [0.717, 1.165) is 12.1 Å². The molecule has 1 saturated heterocycles. The molecular formula is C15H18F5N5O. The number of halogens is 5. The highest BCUT2D eigenvalue weighted by Gasteiger charge is 2.42. The first-order valence-corrected chi connectivity index (χ1v) is 7.60. The lowest BCUT2D eigenvalue weighted by Crippen LogP contribution is -2.57. The zero-order chi connectivity index (χ0) is 19.5. The molecule has 0 radical (unpaired) electrons. The summed E-state index contributed by atoms with van der Waals surface area (Å²) in [6, 6.07) is 3.94. The lowest BCUT2D eigenvalue weighted by Gasteiger charge is -2.39. The van der Waals surface area contributed by atoms with Gasteiger partial charge in [0.1, 0.15) is 11.6 Å². The first-order valence-electron chi connectivity index (χ1n) is 7.60. The van der Waals surface area contributed by atoms with E-state index in [0.29, 0.717) is 5.56 Å². The van der Waals surface area contributed by atoms with Crippen LogP contribution < -0.4 is 16.2 Å². The van der Waals surface area contributed by atoms with Crippen LogP contribution in [-0.2, 0) is 6.54 Å². The van der Waals surface area contributed by atoms with Gasteiger partial charge in [-0.25, -0.2) is 8.78 Å². The van der Waals surface area contributed by atoms with Crippen LogP contribution in [-0.4, -0.2) is 41.6 Å². The Hall–Kier alpha value is -2.59. The average molecular weight is 379 g/mol. The second-order valence-corrected chi connectivity index (χ2v) is 5.84. The predicted octanol–water partition coefficient (Wildman–Crippen LogP) is 2.44. The number of nitrogens with zero attached hydrogens (tertiary/aromatic N) is 2. The molecule has 0 spiro atoms. The Balaban J connectivity index is 2.07. The minimum Gasteiger partial charge on any atom is -0.406 e. The number of ether oxygens (including phenoxy) is 1. The Morgan fingerprint density at radius 1 is 1.27 bits per heavy atom. The number of guanidine groups is 1. The van der Waals surface area contributed by atoms with Gasteiger partial charge in [-0.15, -0.1) is 13.2 Å². The number of hydrogen-bond acceptors (Lipinski definition) is 3. The molecule has 0 saturated carbocycles. The Bertz CT molecular complexity index is 674. The zero-order valence-corrected chi connectivity index (χ0v) is 13.6. The third-order valence-corrected chi connectivity index (χ3v) is 3.84. The van der Waals surface area contributed by atoms with Crippen LogP contribution in [0.2, 0.25) is 0 Å². The summed E-state index contributed by atoms with van der Waals surface area (Å²) in [7, 11) is 0. The van der Waals surface area contributed by atoms with Gasteiger partial charge in [0.2, 0.25) is 0 Å². The molecule has 1 aromatic carbocycles. The lowest BCUT2D eigenvalue weighted by atomic mass is 9.98. The number of hydrogen-bond donors (Lipinski definition) is 3. The fourth-order valence-electron chi connectivity index (χ4n) is 2.57. The molecule has 1 aliphatic heterocycles. The molecule has 26 heavy (non-hydrogen) atoms. The fraction of sp³-hybridized carbons (Fsp3) is 0.467. The molecule has 1 fully saturated rings. The molecule has 1 heterocycles. The number of nitrogens with two attached hydrogens (primary N) is 2. The van der Waals surface area contributed by atoms with Crippen molar-refractivity contribution in [3.8, 4) is 5.75 Å². The fourth-order valence-corrected chi connectivity index (χ4v) is 2.57. The number of amidine groups is 1. The molecule has 11 heteroatoms. The van der Waals surface area contributed by atoms with E-state index in [1.807, 2.05) is 0 Å². The molecule has 1 aromatic rings. The van der Waals surface area contributed by atoms with Crippen LogP contribution in [0.3, 0.4) is 0 Å². The number of benzene rings is 1. The van der Waals surface area contributed by atoms with Crippen molar-refractivity contribution in [1.29, 1.82) is 5.41 Å². The number of aliphatic imine (C=N–C) groups is 1. The van der Waals surface area contributed by atoms with E-state index in [-0.39, 0.29) is 30.6 Å². The Morgan fingerprint density at radius 3 is 2.42 bits per heavy atom. The van der Waals surface area contributed by atoms with E-state index in [9.17, 15) is 22.0 Å². The summed E-state index contributed by atoms with van der Waals surface area (Å²) in [6.07, 6.45) is -5.83. The van der Waals surface area contributed by atoms with E-state index in [1.165, 1.54) is 17.0 Å². The standard InChI is InChI=1S/C15H18F5N5O/c16-14(17)5-6-25(13(22)23)11(7-14)12(21)24-8-9-1-3-10(4-2-9)26-15(18,19)20/h1-4,11H,5-8H2,(H2,21,24)(H3,22,23). The van der Waals surface area contributed by atoms with Crippen molar-refractivity contribution in [2.24, 2.45) is 16.5 Å². The van der Waals surface area contributed by atoms with Crippen LogP contribution in [0.5, 0.6) is 5.75 Å². The second-order valence-electron chi connectivity index (χ2n) is 5.84. The quantitative estimate of drug-likeness (QED) is 0.425. The van der Waals surface area contributed by atoms with Gasteiger partial charge in [0.05, 0.1) is 12.6 Å². The molecule has 0 aromatic heterocycles. The van der Waals surface area contributed by atoms with Gasteiger partial charge in [-0.2, -0.15) is 0 Å². The van der Waals surface area contributed by atoms with Crippen molar-refractivity contribution in [1.82, 2.24) is 4.90 Å². The number of likely N-dealkylation sites (tertiary alicyclic amines) is 1. The SMILES string of the molecule is N=C(N)N1CCC(F)(F)CC1C(N)=NCc1ccc(OC(F)(F)F)cc1. The van der Waals surface area contributed by atoms with Crippen LogP contribution in [0, 0.1) is 5.41 Å². The number of rotatable bonds is 4. The molecule has 2 rings (SSSR count). The molecule has 1 aliphatic rings. The first kappa shape index (κ1) is 19.7. The number of piperidine rings is 1. The lowest BCUT2D eigenvalue weighted by molar-refractivity contribution is -0.274. The minimum atomic E-state index is -4.79. The highest BCUT2D eigenvalue weighted by atomic mass is 19.4. The van der Waals surface area contributed by atoms with Gasteiger partial charge in [-0.3, -0.25) is 10.4 Å². The maximum Gasteiger partial charge on any atom is 0.573 e. The third kappa shape index (κ3) is 5.46. The van der Waals surface area contributed by atoms with Crippen LogP contribution in [0.1, 0.15) is 18.4 Å². The number of alkyl halides is 5. The van der Waals surface area contributed by atoms with E-state index in [1.54, 1.807) is 0 Å². The summed E-state index contributed by atoms with van der Waals surface area (Å²) in [6.45, 7) is -0.140. The average Bonchev–Trinajstić information content (AvgIpc) is 2.51. The smallest absolute Gasteiger partial charge is 0.406 e. The van der Waals surface area contributed by atoms with Crippen molar-refractivity contribution in [2.75, 3.05) is 6.54 Å². The molecule has 0 amide bonds. The Kier molecular flexibility index (Phi) is 5.57. The largest absolute Gasteiger partial charge is 0.573 e. The molecule has 1 unspecified atom stereocenters. The van der Waals surface area contributed by atoms with Gasteiger partial charge in [-0.1, -0.05) is 12.1 Å². The molecule has 1 atom stereocenters. The van der Waals surface area contributed by atoms with Crippen molar-refractivity contribution in [3.63, 3.8) is 0 Å². The monoisotopic (exact) mass is 379 g/mol. The first-order chi connectivity index (χ1) is 12.0.